The van der Waals surface area contributed by atoms with E-state index in [1.165, 1.54) is 11.5 Å². The Morgan fingerprint density at radius 3 is 2.89 bits per heavy atom. The van der Waals surface area contributed by atoms with Crippen LogP contribution < -0.4 is 11.1 Å². The second-order valence-corrected chi connectivity index (χ2v) is 5.68. The monoisotopic (exact) mass is 283 g/mol. The molecule has 1 fully saturated rings. The van der Waals surface area contributed by atoms with Gasteiger partial charge in [-0.2, -0.15) is 0 Å². The molecule has 2 heterocycles. The molecular weight excluding hydrogens is 262 g/mol. The molecule has 7 heteroatoms. The first kappa shape index (κ1) is 14.2. The minimum atomic E-state index is -0.166. The molecule has 0 unspecified atom stereocenters. The summed E-state index contributed by atoms with van der Waals surface area (Å²) in [5.74, 6) is -0.122. The fraction of sp³-hybridized carbons (Fsp3) is 0.750. The number of anilines is 1. The minimum absolute atomic E-state index is 0.0440. The first-order valence-electron chi connectivity index (χ1n) is 6.77. The molecular formula is C12H21N5OS. The van der Waals surface area contributed by atoms with Crippen LogP contribution in [0.3, 0.4) is 0 Å². The van der Waals surface area contributed by atoms with Crippen LogP contribution in [0.2, 0.25) is 0 Å². The van der Waals surface area contributed by atoms with Gasteiger partial charge < -0.3 is 11.1 Å². The Morgan fingerprint density at radius 1 is 1.53 bits per heavy atom. The lowest BCUT2D eigenvalue weighted by atomic mass is 9.96. The fourth-order valence-electron chi connectivity index (χ4n) is 2.27. The van der Waals surface area contributed by atoms with Crippen LogP contribution in [0.4, 0.5) is 5.00 Å². The number of aromatic nitrogens is 2. The molecule has 3 N–H and O–H groups in total. The number of nitrogens with two attached hydrogens (primary N) is 1. The summed E-state index contributed by atoms with van der Waals surface area (Å²) >= 11 is 1.41. The van der Waals surface area contributed by atoms with Crippen molar-refractivity contribution < 1.29 is 4.79 Å². The molecule has 0 atom stereocenters. The van der Waals surface area contributed by atoms with Gasteiger partial charge in [0.05, 0.1) is 0 Å². The summed E-state index contributed by atoms with van der Waals surface area (Å²) in [4.78, 5) is 13.4. The highest BCUT2D eigenvalue weighted by molar-refractivity contribution is 7.10. The largest absolute Gasteiger partial charge is 0.374 e. The van der Waals surface area contributed by atoms with Crippen molar-refractivity contribution in [1.82, 2.24) is 14.5 Å². The molecule has 2 rings (SSSR count). The highest BCUT2D eigenvalue weighted by Gasteiger charge is 2.24. The van der Waals surface area contributed by atoms with Crippen LogP contribution in [0, 0.1) is 5.92 Å². The number of rotatable bonds is 6. The molecule has 0 spiro atoms. The fourth-order valence-corrected chi connectivity index (χ4v) is 2.87. The first-order chi connectivity index (χ1) is 9.20. The van der Waals surface area contributed by atoms with Gasteiger partial charge >= 0.3 is 0 Å². The van der Waals surface area contributed by atoms with Crippen molar-refractivity contribution in [3.05, 3.63) is 5.69 Å². The Balaban J connectivity index is 1.85. The van der Waals surface area contributed by atoms with Crippen LogP contribution in [0.15, 0.2) is 0 Å². The predicted molar refractivity (Wildman–Crippen MR) is 75.9 cm³/mol. The molecule has 0 bridgehead atoms. The Kier molecular flexibility index (Phi) is 5.09. The van der Waals surface area contributed by atoms with E-state index < -0.39 is 0 Å². The number of carbonyl (C=O) groups excluding carboxylic acids is 1. The second kappa shape index (κ2) is 6.81. The third-order valence-electron chi connectivity index (χ3n) is 3.45. The lowest BCUT2D eigenvalue weighted by Crippen LogP contribution is -2.38. The zero-order valence-electron chi connectivity index (χ0n) is 11.3. The van der Waals surface area contributed by atoms with E-state index in [9.17, 15) is 4.79 Å². The summed E-state index contributed by atoms with van der Waals surface area (Å²) < 4.78 is 4.01. The van der Waals surface area contributed by atoms with E-state index in [2.05, 4.69) is 26.7 Å². The van der Waals surface area contributed by atoms with Crippen LogP contribution in [-0.4, -0.2) is 40.0 Å². The van der Waals surface area contributed by atoms with E-state index in [0.717, 1.165) is 56.1 Å². The maximum Gasteiger partial charge on any atom is 0.220 e. The molecule has 1 aliphatic rings. The van der Waals surface area contributed by atoms with Gasteiger partial charge in [0.25, 0.3) is 0 Å². The average Bonchev–Trinajstić information content (AvgIpc) is 2.84. The van der Waals surface area contributed by atoms with E-state index in [1.54, 1.807) is 0 Å². The van der Waals surface area contributed by atoms with E-state index in [-0.39, 0.29) is 11.8 Å². The van der Waals surface area contributed by atoms with Crippen molar-refractivity contribution in [2.45, 2.75) is 32.7 Å². The lowest BCUT2D eigenvalue weighted by Gasteiger charge is -2.29. The average molecular weight is 283 g/mol. The quantitative estimate of drug-likeness (QED) is 0.815. The van der Waals surface area contributed by atoms with Crippen molar-refractivity contribution in [3.8, 4) is 0 Å². The lowest BCUT2D eigenvalue weighted by molar-refractivity contribution is -0.123. The van der Waals surface area contributed by atoms with Gasteiger partial charge in [-0.1, -0.05) is 11.4 Å². The van der Waals surface area contributed by atoms with Gasteiger partial charge in [-0.15, -0.1) is 5.10 Å². The molecule has 0 aromatic carbocycles. The highest BCUT2D eigenvalue weighted by atomic mass is 32.1. The van der Waals surface area contributed by atoms with Crippen LogP contribution >= 0.6 is 11.5 Å². The maximum atomic E-state index is 11.1. The van der Waals surface area contributed by atoms with Gasteiger partial charge in [-0.25, -0.2) is 0 Å². The number of carbonyl (C=O) groups is 1. The molecule has 19 heavy (non-hydrogen) atoms. The SMILES string of the molecule is CCCNc1snnc1CN1CCC(C(N)=O)CC1. The van der Waals surface area contributed by atoms with Gasteiger partial charge in [0, 0.05) is 30.5 Å². The van der Waals surface area contributed by atoms with Crippen molar-refractivity contribution in [1.29, 1.82) is 0 Å². The summed E-state index contributed by atoms with van der Waals surface area (Å²) in [5.41, 5.74) is 6.35. The molecule has 1 saturated heterocycles. The molecule has 0 aliphatic carbocycles. The Morgan fingerprint density at radius 2 is 2.26 bits per heavy atom. The van der Waals surface area contributed by atoms with Gasteiger partial charge in [0.15, 0.2) is 0 Å². The van der Waals surface area contributed by atoms with Crippen LogP contribution in [0.5, 0.6) is 0 Å². The molecule has 0 saturated carbocycles. The molecule has 6 nitrogen and oxygen atoms in total. The zero-order chi connectivity index (χ0) is 13.7. The number of nitrogens with zero attached hydrogens (tertiary/aromatic N) is 3. The van der Waals surface area contributed by atoms with E-state index >= 15 is 0 Å². The van der Waals surface area contributed by atoms with Crippen molar-refractivity contribution >= 4 is 22.4 Å². The number of hydrogen-bond acceptors (Lipinski definition) is 6. The number of amides is 1. The summed E-state index contributed by atoms with van der Waals surface area (Å²) in [6.07, 6.45) is 2.79. The van der Waals surface area contributed by atoms with Crippen LogP contribution in [0.25, 0.3) is 0 Å². The third-order valence-corrected chi connectivity index (χ3v) is 4.18. The Bertz CT molecular complexity index is 414. The Labute approximate surface area is 117 Å². The molecule has 1 amide bonds. The van der Waals surface area contributed by atoms with Crippen molar-refractivity contribution in [2.75, 3.05) is 25.0 Å². The van der Waals surface area contributed by atoms with Crippen LogP contribution in [-0.2, 0) is 11.3 Å². The number of hydrogen-bond donors (Lipinski definition) is 2. The van der Waals surface area contributed by atoms with Gasteiger partial charge in [-0.3, -0.25) is 9.69 Å². The van der Waals surface area contributed by atoms with Crippen LogP contribution in [0.1, 0.15) is 31.9 Å². The summed E-state index contributed by atoms with van der Waals surface area (Å²) in [6, 6.07) is 0. The zero-order valence-corrected chi connectivity index (χ0v) is 12.1. The van der Waals surface area contributed by atoms with Gasteiger partial charge in [0.2, 0.25) is 5.91 Å². The normalized spacial score (nSPS) is 17.5. The third kappa shape index (κ3) is 3.87. The maximum absolute atomic E-state index is 11.1. The summed E-state index contributed by atoms with van der Waals surface area (Å²) in [7, 11) is 0. The molecule has 1 aromatic heterocycles. The number of primary amides is 1. The van der Waals surface area contributed by atoms with Crippen molar-refractivity contribution in [2.24, 2.45) is 11.7 Å². The van der Waals surface area contributed by atoms with E-state index in [4.69, 9.17) is 5.73 Å². The topological polar surface area (TPSA) is 84.1 Å². The smallest absolute Gasteiger partial charge is 0.220 e. The molecule has 1 aliphatic heterocycles. The predicted octanol–water partition coefficient (Wildman–Crippen LogP) is 1.06. The summed E-state index contributed by atoms with van der Waals surface area (Å²) in [5, 5.41) is 8.61. The van der Waals surface area contributed by atoms with E-state index in [1.807, 2.05) is 0 Å². The number of piperidine rings is 1. The number of likely N-dealkylation sites (tertiary alicyclic amines) is 1. The first-order valence-corrected chi connectivity index (χ1v) is 7.54. The molecule has 1 aromatic rings. The number of nitrogens with one attached hydrogen (secondary N) is 1. The van der Waals surface area contributed by atoms with Gasteiger partial charge in [0.1, 0.15) is 10.7 Å². The second-order valence-electron chi connectivity index (χ2n) is 4.93. The minimum Gasteiger partial charge on any atom is -0.374 e. The Hall–Kier alpha value is -1.21. The van der Waals surface area contributed by atoms with Gasteiger partial charge in [-0.05, 0) is 32.4 Å². The standard InChI is InChI=1S/C12H21N5OS/c1-2-5-14-12-10(15-16-19-12)8-17-6-3-9(4-7-17)11(13)18/h9,14H,2-8H2,1H3,(H2,13,18). The van der Waals surface area contributed by atoms with Crippen molar-refractivity contribution in [3.63, 3.8) is 0 Å². The summed E-state index contributed by atoms with van der Waals surface area (Å²) in [6.45, 7) is 5.68. The highest BCUT2D eigenvalue weighted by Crippen LogP contribution is 2.23. The molecule has 0 radical (unpaired) electrons. The molecule has 106 valence electrons. The van der Waals surface area contributed by atoms with E-state index in [0.29, 0.717) is 0 Å².